The number of amides is 1. The third-order valence-electron chi connectivity index (χ3n) is 3.14. The molecule has 0 aliphatic heterocycles. The molecule has 1 atom stereocenters. The van der Waals surface area contributed by atoms with Crippen molar-refractivity contribution >= 4 is 29.1 Å². The van der Waals surface area contributed by atoms with Crippen LogP contribution in [0.1, 0.15) is 38.1 Å². The Morgan fingerprint density at radius 3 is 2.38 bits per heavy atom. The van der Waals surface area contributed by atoms with Crippen LogP contribution in [0.15, 0.2) is 18.2 Å². The fraction of sp³-hybridized carbons (Fsp3) is 0.500. The molecule has 1 aromatic rings. The number of carbonyl (C=O) groups excluding carboxylic acids is 2. The largest absolute Gasteiger partial charge is 0.497 e. The van der Waals surface area contributed by atoms with Crippen molar-refractivity contribution < 1.29 is 28.5 Å². The monoisotopic (exact) mass is 383 g/mol. The maximum atomic E-state index is 12.3. The smallest absolute Gasteiger partial charge is 0.408 e. The molecule has 0 radical (unpaired) electrons. The highest BCUT2D eigenvalue weighted by Crippen LogP contribution is 2.25. The standard InChI is InChI=1S/C18H25NO6S/c1-11(19-17(21)25-18(2,3)4)16(26)24-10-14(20)13-8-7-12(22-5)9-15(13)23-6/h7-9,11H,10H2,1-6H3,(H,19,21). The number of ether oxygens (including phenoxy) is 4. The number of alkyl carbamates (subject to hydrolysis) is 1. The molecule has 0 bridgehead atoms. The number of benzene rings is 1. The number of nitrogens with one attached hydrogen (secondary N) is 1. The number of Topliss-reactive ketones (excluding diaryl/α,β-unsaturated/α-hetero) is 1. The first-order chi connectivity index (χ1) is 12.1. The molecule has 1 N–H and O–H groups in total. The Bertz CT molecular complexity index is 668. The Kier molecular flexibility index (Phi) is 7.82. The zero-order chi connectivity index (χ0) is 19.9. The number of rotatable bonds is 7. The van der Waals surface area contributed by atoms with Crippen LogP contribution in [-0.2, 0) is 9.47 Å². The van der Waals surface area contributed by atoms with Crippen LogP contribution < -0.4 is 14.8 Å². The number of ketones is 1. The van der Waals surface area contributed by atoms with Gasteiger partial charge in [0.15, 0.2) is 11.7 Å². The number of hydrogen-bond donors (Lipinski definition) is 1. The lowest BCUT2D eigenvalue weighted by molar-refractivity contribution is 0.0517. The van der Waals surface area contributed by atoms with E-state index in [1.165, 1.54) is 14.2 Å². The Labute approximate surface area is 158 Å². The minimum atomic E-state index is -0.618. The molecule has 26 heavy (non-hydrogen) atoms. The van der Waals surface area contributed by atoms with Crippen LogP contribution in [0.2, 0.25) is 0 Å². The highest BCUT2D eigenvalue weighted by molar-refractivity contribution is 7.80. The molecule has 0 spiro atoms. The summed E-state index contributed by atoms with van der Waals surface area (Å²) in [5.41, 5.74) is -0.267. The molecular weight excluding hydrogens is 358 g/mol. The molecule has 0 saturated carbocycles. The second kappa shape index (κ2) is 9.38. The quantitative estimate of drug-likeness (QED) is 0.572. The van der Waals surface area contributed by atoms with Crippen molar-refractivity contribution in [1.82, 2.24) is 5.32 Å². The molecule has 0 aromatic heterocycles. The Balaban J connectivity index is 2.61. The Hall–Kier alpha value is -2.35. The summed E-state index contributed by atoms with van der Waals surface area (Å²) in [5, 5.41) is 2.64. The van der Waals surface area contributed by atoms with Crippen molar-refractivity contribution in [2.24, 2.45) is 0 Å². The average molecular weight is 383 g/mol. The van der Waals surface area contributed by atoms with Gasteiger partial charge in [-0.3, -0.25) is 4.79 Å². The molecule has 0 aliphatic rings. The van der Waals surface area contributed by atoms with E-state index in [-0.39, 0.29) is 17.4 Å². The van der Waals surface area contributed by atoms with E-state index in [1.807, 2.05) is 0 Å². The van der Waals surface area contributed by atoms with Crippen LogP contribution in [0.5, 0.6) is 11.5 Å². The van der Waals surface area contributed by atoms with Crippen LogP contribution in [0, 0.1) is 0 Å². The van der Waals surface area contributed by atoms with E-state index in [1.54, 1.807) is 45.9 Å². The Morgan fingerprint density at radius 2 is 1.85 bits per heavy atom. The molecule has 0 saturated heterocycles. The van der Waals surface area contributed by atoms with E-state index in [0.717, 1.165) is 0 Å². The van der Waals surface area contributed by atoms with E-state index in [0.29, 0.717) is 17.1 Å². The van der Waals surface area contributed by atoms with Gasteiger partial charge in [-0.25, -0.2) is 4.79 Å². The molecule has 0 heterocycles. The van der Waals surface area contributed by atoms with Crippen molar-refractivity contribution in [3.8, 4) is 11.5 Å². The number of hydrogen-bond acceptors (Lipinski definition) is 7. The Morgan fingerprint density at radius 1 is 1.19 bits per heavy atom. The zero-order valence-electron chi connectivity index (χ0n) is 15.9. The normalized spacial score (nSPS) is 11.9. The van der Waals surface area contributed by atoms with Crippen LogP contribution in [0.4, 0.5) is 4.79 Å². The van der Waals surface area contributed by atoms with E-state index in [2.05, 4.69) is 5.32 Å². The minimum Gasteiger partial charge on any atom is -0.497 e. The van der Waals surface area contributed by atoms with Crippen LogP contribution in [0.25, 0.3) is 0 Å². The highest BCUT2D eigenvalue weighted by Gasteiger charge is 2.21. The highest BCUT2D eigenvalue weighted by atomic mass is 32.1. The minimum absolute atomic E-state index is 0.0803. The second-order valence-corrected chi connectivity index (χ2v) is 6.87. The van der Waals surface area contributed by atoms with Crippen molar-refractivity contribution in [3.63, 3.8) is 0 Å². The summed E-state index contributed by atoms with van der Waals surface area (Å²) in [7, 11) is 2.99. The topological polar surface area (TPSA) is 83.1 Å². The van der Waals surface area contributed by atoms with Crippen molar-refractivity contribution in [2.45, 2.75) is 39.3 Å². The first kappa shape index (κ1) is 21.7. The summed E-state index contributed by atoms with van der Waals surface area (Å²) in [6, 6.07) is 4.26. The van der Waals surface area contributed by atoms with Gasteiger partial charge in [0.2, 0.25) is 5.78 Å². The maximum Gasteiger partial charge on any atom is 0.408 e. The molecule has 1 rings (SSSR count). The molecule has 0 fully saturated rings. The van der Waals surface area contributed by atoms with Gasteiger partial charge in [-0.1, -0.05) is 0 Å². The summed E-state index contributed by atoms with van der Waals surface area (Å²) in [5.74, 6) is 0.644. The van der Waals surface area contributed by atoms with Crippen molar-refractivity contribution in [2.75, 3.05) is 20.8 Å². The second-order valence-electron chi connectivity index (χ2n) is 6.47. The molecule has 1 amide bonds. The van der Waals surface area contributed by atoms with Gasteiger partial charge in [-0.2, -0.15) is 0 Å². The van der Waals surface area contributed by atoms with Gasteiger partial charge < -0.3 is 24.3 Å². The summed E-state index contributed by atoms with van der Waals surface area (Å²) in [6.07, 6.45) is -0.612. The summed E-state index contributed by atoms with van der Waals surface area (Å²) < 4.78 is 20.8. The van der Waals surface area contributed by atoms with E-state index in [9.17, 15) is 9.59 Å². The number of thiocarbonyl (C=S) groups is 1. The fourth-order valence-electron chi connectivity index (χ4n) is 1.91. The van der Waals surface area contributed by atoms with Gasteiger partial charge in [0.05, 0.1) is 25.8 Å². The van der Waals surface area contributed by atoms with Gasteiger partial charge in [0.25, 0.3) is 0 Å². The molecular formula is C18H25NO6S. The maximum absolute atomic E-state index is 12.3. The van der Waals surface area contributed by atoms with Gasteiger partial charge >= 0.3 is 6.09 Å². The first-order valence-corrected chi connectivity index (χ1v) is 8.39. The van der Waals surface area contributed by atoms with Gasteiger partial charge in [-0.15, -0.1) is 0 Å². The van der Waals surface area contributed by atoms with Crippen LogP contribution in [0.3, 0.4) is 0 Å². The van der Waals surface area contributed by atoms with Crippen molar-refractivity contribution in [3.05, 3.63) is 23.8 Å². The first-order valence-electron chi connectivity index (χ1n) is 7.98. The summed E-state index contributed by atoms with van der Waals surface area (Å²) in [4.78, 5) is 24.1. The van der Waals surface area contributed by atoms with E-state index >= 15 is 0 Å². The van der Waals surface area contributed by atoms with Crippen molar-refractivity contribution in [1.29, 1.82) is 0 Å². The van der Waals surface area contributed by atoms with Gasteiger partial charge in [0.1, 0.15) is 17.1 Å². The van der Waals surface area contributed by atoms with Gasteiger partial charge in [0, 0.05) is 6.07 Å². The molecule has 7 nitrogen and oxygen atoms in total. The summed E-state index contributed by atoms with van der Waals surface area (Å²) >= 11 is 5.11. The van der Waals surface area contributed by atoms with Gasteiger partial charge in [-0.05, 0) is 52.0 Å². The summed E-state index contributed by atoms with van der Waals surface area (Å²) in [6.45, 7) is 6.64. The molecule has 144 valence electrons. The van der Waals surface area contributed by atoms with Crippen LogP contribution in [-0.4, -0.2) is 49.4 Å². The molecule has 0 aliphatic carbocycles. The number of carbonyl (C=O) groups is 2. The molecule has 1 aromatic carbocycles. The lowest BCUT2D eigenvalue weighted by atomic mass is 10.1. The fourth-order valence-corrected chi connectivity index (χ4v) is 2.03. The van der Waals surface area contributed by atoms with E-state index in [4.69, 9.17) is 31.2 Å². The third kappa shape index (κ3) is 6.87. The number of methoxy groups -OCH3 is 2. The average Bonchev–Trinajstić information content (AvgIpc) is 2.56. The third-order valence-corrected chi connectivity index (χ3v) is 3.61. The predicted molar refractivity (Wildman–Crippen MR) is 101 cm³/mol. The SMILES string of the molecule is COc1ccc(C(=O)COC(=S)C(C)NC(=O)OC(C)(C)C)c(OC)c1. The lowest BCUT2D eigenvalue weighted by Crippen LogP contribution is -2.42. The zero-order valence-corrected chi connectivity index (χ0v) is 16.7. The molecule has 1 unspecified atom stereocenters. The predicted octanol–water partition coefficient (Wildman–Crippen LogP) is 3.14. The van der Waals surface area contributed by atoms with Crippen LogP contribution >= 0.6 is 12.2 Å². The van der Waals surface area contributed by atoms with E-state index < -0.39 is 17.7 Å². The lowest BCUT2D eigenvalue weighted by Gasteiger charge is -2.22. The molecule has 8 heteroatoms.